The summed E-state index contributed by atoms with van der Waals surface area (Å²) >= 11 is 0. The van der Waals surface area contributed by atoms with Crippen LogP contribution in [0.4, 0.5) is 0 Å². The van der Waals surface area contributed by atoms with Gasteiger partial charge in [0.15, 0.2) is 5.82 Å². The van der Waals surface area contributed by atoms with Crippen molar-refractivity contribution in [3.8, 4) is 0 Å². The van der Waals surface area contributed by atoms with Gasteiger partial charge in [-0.25, -0.2) is 0 Å². The van der Waals surface area contributed by atoms with Crippen molar-refractivity contribution in [1.29, 1.82) is 0 Å². The summed E-state index contributed by atoms with van der Waals surface area (Å²) in [6, 6.07) is 10.8. The Morgan fingerprint density at radius 3 is 2.91 bits per heavy atom. The van der Waals surface area contributed by atoms with Crippen molar-refractivity contribution >= 4 is 0 Å². The molecule has 0 bridgehead atoms. The van der Waals surface area contributed by atoms with Gasteiger partial charge in [-0.15, -0.1) is 0 Å². The zero-order valence-corrected chi connectivity index (χ0v) is 13.1. The minimum absolute atomic E-state index is 0.173. The number of piperidine rings is 1. The number of aromatic nitrogens is 2. The van der Waals surface area contributed by atoms with Gasteiger partial charge in [-0.05, 0) is 31.9 Å². The summed E-state index contributed by atoms with van der Waals surface area (Å²) in [6.45, 7) is 3.84. The van der Waals surface area contributed by atoms with E-state index < -0.39 is 0 Å². The van der Waals surface area contributed by atoms with E-state index in [-0.39, 0.29) is 6.04 Å². The molecule has 2 unspecified atom stereocenters. The molecule has 2 N–H and O–H groups in total. The van der Waals surface area contributed by atoms with Gasteiger partial charge in [0, 0.05) is 18.5 Å². The summed E-state index contributed by atoms with van der Waals surface area (Å²) in [5.74, 6) is 1.44. The largest absolute Gasteiger partial charge is 0.338 e. The molecule has 3 rings (SSSR count). The minimum atomic E-state index is 0.173. The number of hydrogen-bond acceptors (Lipinski definition) is 5. The van der Waals surface area contributed by atoms with Gasteiger partial charge >= 0.3 is 0 Å². The Morgan fingerprint density at radius 2 is 2.14 bits per heavy atom. The molecule has 0 amide bonds. The first kappa shape index (κ1) is 15.2. The Morgan fingerprint density at radius 1 is 1.32 bits per heavy atom. The van der Waals surface area contributed by atoms with E-state index in [0.29, 0.717) is 24.9 Å². The SMILES string of the molecule is CC(N)C1CCCCN1Cc1nc(Cc2ccccc2)no1. The third-order valence-electron chi connectivity index (χ3n) is 4.32. The van der Waals surface area contributed by atoms with Crippen molar-refractivity contribution < 1.29 is 4.52 Å². The van der Waals surface area contributed by atoms with Crippen LogP contribution in [0, 0.1) is 0 Å². The van der Waals surface area contributed by atoms with E-state index in [0.717, 1.165) is 18.8 Å². The standard InChI is InChI=1S/C17H24N4O/c1-13(18)15-9-5-6-10-21(15)12-17-19-16(20-22-17)11-14-7-3-2-4-8-14/h2-4,7-8,13,15H,5-6,9-12,18H2,1H3. The van der Waals surface area contributed by atoms with Crippen LogP contribution in [0.1, 0.15) is 43.5 Å². The number of nitrogens with two attached hydrogens (primary N) is 1. The van der Waals surface area contributed by atoms with Gasteiger partial charge in [-0.1, -0.05) is 41.9 Å². The molecule has 0 saturated carbocycles. The first-order valence-electron chi connectivity index (χ1n) is 8.07. The lowest BCUT2D eigenvalue weighted by Crippen LogP contribution is -2.48. The summed E-state index contributed by atoms with van der Waals surface area (Å²) in [6.07, 6.45) is 4.34. The molecule has 0 radical (unpaired) electrons. The maximum absolute atomic E-state index is 6.11. The summed E-state index contributed by atoms with van der Waals surface area (Å²) in [5.41, 5.74) is 7.31. The van der Waals surface area contributed by atoms with Crippen molar-refractivity contribution in [2.75, 3.05) is 6.54 Å². The zero-order chi connectivity index (χ0) is 15.4. The second-order valence-electron chi connectivity index (χ2n) is 6.16. The van der Waals surface area contributed by atoms with Crippen molar-refractivity contribution in [2.45, 2.75) is 51.2 Å². The predicted molar refractivity (Wildman–Crippen MR) is 85.2 cm³/mol. The van der Waals surface area contributed by atoms with Gasteiger partial charge in [0.2, 0.25) is 5.89 Å². The van der Waals surface area contributed by atoms with Gasteiger partial charge in [-0.2, -0.15) is 4.98 Å². The first-order valence-corrected chi connectivity index (χ1v) is 8.07. The molecule has 1 aromatic heterocycles. The molecule has 0 spiro atoms. The highest BCUT2D eigenvalue weighted by molar-refractivity contribution is 5.18. The smallest absolute Gasteiger partial charge is 0.240 e. The Hall–Kier alpha value is -1.72. The van der Waals surface area contributed by atoms with E-state index in [1.807, 2.05) is 18.2 Å². The fourth-order valence-corrected chi connectivity index (χ4v) is 3.19. The molecule has 5 heteroatoms. The Labute approximate surface area is 131 Å². The van der Waals surface area contributed by atoms with E-state index >= 15 is 0 Å². The molecule has 1 aromatic carbocycles. The van der Waals surface area contributed by atoms with Crippen molar-refractivity contribution in [1.82, 2.24) is 15.0 Å². The lowest BCUT2D eigenvalue weighted by atomic mass is 9.97. The van der Waals surface area contributed by atoms with Crippen LogP contribution >= 0.6 is 0 Å². The lowest BCUT2D eigenvalue weighted by Gasteiger charge is -2.37. The number of rotatable bonds is 5. The Bertz CT molecular complexity index is 581. The second-order valence-corrected chi connectivity index (χ2v) is 6.16. The maximum Gasteiger partial charge on any atom is 0.240 e. The van der Waals surface area contributed by atoms with Gasteiger partial charge in [0.05, 0.1) is 6.54 Å². The average Bonchev–Trinajstić information content (AvgIpc) is 2.96. The quantitative estimate of drug-likeness (QED) is 0.918. The van der Waals surface area contributed by atoms with E-state index in [4.69, 9.17) is 10.3 Å². The van der Waals surface area contributed by atoms with E-state index in [2.05, 4.69) is 34.1 Å². The van der Waals surface area contributed by atoms with Crippen LogP contribution in [0.2, 0.25) is 0 Å². The molecule has 22 heavy (non-hydrogen) atoms. The summed E-state index contributed by atoms with van der Waals surface area (Å²) in [7, 11) is 0. The average molecular weight is 300 g/mol. The Kier molecular flexibility index (Phi) is 4.85. The van der Waals surface area contributed by atoms with Gasteiger partial charge in [0.1, 0.15) is 0 Å². The van der Waals surface area contributed by atoms with Crippen LogP contribution in [-0.4, -0.2) is 33.7 Å². The molecule has 1 fully saturated rings. The monoisotopic (exact) mass is 300 g/mol. The Balaban J connectivity index is 1.63. The minimum Gasteiger partial charge on any atom is -0.338 e. The highest BCUT2D eigenvalue weighted by atomic mass is 16.5. The van der Waals surface area contributed by atoms with Crippen LogP contribution in [0.15, 0.2) is 34.9 Å². The highest BCUT2D eigenvalue weighted by Gasteiger charge is 2.26. The fourth-order valence-electron chi connectivity index (χ4n) is 3.19. The molecular weight excluding hydrogens is 276 g/mol. The van der Waals surface area contributed by atoms with E-state index in [9.17, 15) is 0 Å². The topological polar surface area (TPSA) is 68.2 Å². The van der Waals surface area contributed by atoms with E-state index in [1.165, 1.54) is 18.4 Å². The normalized spacial score (nSPS) is 20.9. The van der Waals surface area contributed by atoms with Crippen molar-refractivity contribution in [2.24, 2.45) is 5.73 Å². The van der Waals surface area contributed by atoms with Crippen LogP contribution in [0.25, 0.3) is 0 Å². The molecule has 2 atom stereocenters. The predicted octanol–water partition coefficient (Wildman–Crippen LogP) is 2.36. The molecule has 1 aliphatic rings. The number of hydrogen-bond donors (Lipinski definition) is 1. The van der Waals surface area contributed by atoms with Crippen LogP contribution < -0.4 is 5.73 Å². The number of likely N-dealkylation sites (tertiary alicyclic amines) is 1. The third kappa shape index (κ3) is 3.72. The maximum atomic E-state index is 6.11. The summed E-state index contributed by atoms with van der Waals surface area (Å²) in [5, 5.41) is 4.10. The van der Waals surface area contributed by atoms with Gasteiger partial charge in [-0.3, -0.25) is 4.90 Å². The zero-order valence-electron chi connectivity index (χ0n) is 13.1. The molecule has 2 heterocycles. The van der Waals surface area contributed by atoms with Crippen LogP contribution in [0.3, 0.4) is 0 Å². The molecule has 1 aliphatic heterocycles. The molecule has 0 aliphatic carbocycles. The number of nitrogens with zero attached hydrogens (tertiary/aromatic N) is 3. The molecule has 2 aromatic rings. The second kappa shape index (κ2) is 7.03. The first-order chi connectivity index (χ1) is 10.7. The van der Waals surface area contributed by atoms with E-state index in [1.54, 1.807) is 0 Å². The van der Waals surface area contributed by atoms with Gasteiger partial charge in [0.25, 0.3) is 0 Å². The fraction of sp³-hybridized carbons (Fsp3) is 0.529. The van der Waals surface area contributed by atoms with Crippen LogP contribution in [0.5, 0.6) is 0 Å². The molecule has 118 valence electrons. The van der Waals surface area contributed by atoms with Crippen molar-refractivity contribution in [3.63, 3.8) is 0 Å². The molecular formula is C17H24N4O. The molecule has 1 saturated heterocycles. The number of benzene rings is 1. The summed E-state index contributed by atoms with van der Waals surface area (Å²) < 4.78 is 5.42. The van der Waals surface area contributed by atoms with Crippen LogP contribution in [-0.2, 0) is 13.0 Å². The van der Waals surface area contributed by atoms with Crippen molar-refractivity contribution in [3.05, 3.63) is 47.6 Å². The third-order valence-corrected chi connectivity index (χ3v) is 4.32. The highest BCUT2D eigenvalue weighted by Crippen LogP contribution is 2.21. The van der Waals surface area contributed by atoms with Gasteiger partial charge < -0.3 is 10.3 Å². The summed E-state index contributed by atoms with van der Waals surface area (Å²) in [4.78, 5) is 6.92. The lowest BCUT2D eigenvalue weighted by molar-refractivity contribution is 0.109. The molecule has 5 nitrogen and oxygen atoms in total.